The van der Waals surface area contributed by atoms with Crippen LogP contribution in [0.4, 0.5) is 10.6 Å². The van der Waals surface area contributed by atoms with Crippen molar-refractivity contribution in [1.29, 1.82) is 0 Å². The molecule has 0 aliphatic carbocycles. The molecule has 0 saturated carbocycles. The van der Waals surface area contributed by atoms with Crippen molar-refractivity contribution in [2.75, 3.05) is 18.0 Å². The number of anilines is 1. The quantitative estimate of drug-likeness (QED) is 0.384. The molecular weight excluding hydrogens is 464 g/mol. The average molecular weight is 491 g/mol. The molecule has 2 heterocycles. The number of carboxylic acid groups (broad SMARTS) is 1. The van der Waals surface area contributed by atoms with Crippen LogP contribution < -0.4 is 4.90 Å². The number of aromatic hydroxyl groups is 1. The van der Waals surface area contributed by atoms with Crippen LogP contribution in [0.1, 0.15) is 17.5 Å². The molecule has 1 aliphatic rings. The molecule has 35 heavy (non-hydrogen) atoms. The number of carbonyl (C=O) groups is 1. The molecule has 8 heteroatoms. The summed E-state index contributed by atoms with van der Waals surface area (Å²) in [5.41, 5.74) is 3.41. The van der Waals surface area contributed by atoms with Gasteiger partial charge in [-0.2, -0.15) is 0 Å². The minimum Gasteiger partial charge on any atom is -0.507 e. The van der Waals surface area contributed by atoms with Crippen LogP contribution in [0.25, 0.3) is 22.3 Å². The third kappa shape index (κ3) is 5.00. The van der Waals surface area contributed by atoms with Crippen molar-refractivity contribution in [2.45, 2.75) is 25.9 Å². The van der Waals surface area contributed by atoms with Crippen LogP contribution in [-0.2, 0) is 6.54 Å². The zero-order valence-electron chi connectivity index (χ0n) is 19.3. The third-order valence-corrected chi connectivity index (χ3v) is 6.32. The van der Waals surface area contributed by atoms with E-state index in [1.807, 2.05) is 61.5 Å². The van der Waals surface area contributed by atoms with Gasteiger partial charge in [-0.05, 0) is 48.7 Å². The van der Waals surface area contributed by atoms with Gasteiger partial charge in [0.1, 0.15) is 11.6 Å². The Morgan fingerprint density at radius 1 is 1.06 bits per heavy atom. The van der Waals surface area contributed by atoms with Crippen molar-refractivity contribution in [2.24, 2.45) is 0 Å². The zero-order chi connectivity index (χ0) is 23.7. The van der Waals surface area contributed by atoms with Crippen LogP contribution in [0.3, 0.4) is 0 Å². The van der Waals surface area contributed by atoms with Gasteiger partial charge < -0.3 is 15.1 Å². The number of nitrogens with zero attached hydrogens (tertiary/aromatic N) is 4. The van der Waals surface area contributed by atoms with Crippen LogP contribution in [-0.4, -0.2) is 50.3 Å². The maximum absolute atomic E-state index is 12.1. The van der Waals surface area contributed by atoms with E-state index in [1.165, 1.54) is 4.90 Å². The van der Waals surface area contributed by atoms with Gasteiger partial charge in [0, 0.05) is 25.0 Å². The summed E-state index contributed by atoms with van der Waals surface area (Å²) in [7, 11) is 0. The zero-order valence-corrected chi connectivity index (χ0v) is 20.2. The molecule has 0 bridgehead atoms. The number of amides is 1. The predicted octanol–water partition coefficient (Wildman–Crippen LogP) is 5.49. The molecule has 5 rings (SSSR count). The van der Waals surface area contributed by atoms with Crippen molar-refractivity contribution in [1.82, 2.24) is 14.9 Å². The van der Waals surface area contributed by atoms with E-state index in [4.69, 9.17) is 9.97 Å². The Balaban J connectivity index is 0.00000289. The number of hydrogen-bond acceptors (Lipinski definition) is 5. The second-order valence-electron chi connectivity index (χ2n) is 8.69. The second-order valence-corrected chi connectivity index (χ2v) is 8.69. The highest BCUT2D eigenvalue weighted by atomic mass is 35.5. The molecule has 0 unspecified atom stereocenters. The van der Waals surface area contributed by atoms with E-state index >= 15 is 0 Å². The van der Waals surface area contributed by atoms with Gasteiger partial charge in [-0.3, -0.25) is 4.90 Å². The lowest BCUT2D eigenvalue weighted by atomic mass is 10.1. The van der Waals surface area contributed by atoms with Crippen LogP contribution in [0.15, 0.2) is 72.8 Å². The largest absolute Gasteiger partial charge is 0.507 e. The van der Waals surface area contributed by atoms with Gasteiger partial charge in [0.05, 0.1) is 17.1 Å². The van der Waals surface area contributed by atoms with Gasteiger partial charge in [0.2, 0.25) is 0 Å². The minimum absolute atomic E-state index is 0. The van der Waals surface area contributed by atoms with E-state index in [1.54, 1.807) is 18.2 Å². The fourth-order valence-electron chi connectivity index (χ4n) is 4.57. The summed E-state index contributed by atoms with van der Waals surface area (Å²) in [4.78, 5) is 25.4. The number of para-hydroxylation sites is 1. The first-order valence-electron chi connectivity index (χ1n) is 11.3. The average Bonchev–Trinajstić information content (AvgIpc) is 3.32. The SMILES string of the molecule is Cc1ccc2c(N3CC[C@@H](N(Cc4ccccc4)C(=O)O)C3)nc(-c3ccccc3O)nc2c1.Cl. The van der Waals surface area contributed by atoms with Gasteiger partial charge in [-0.25, -0.2) is 14.8 Å². The molecule has 3 aromatic carbocycles. The molecule has 2 N–H and O–H groups in total. The standard InChI is InChI=1S/C27H26N4O3.ClH/c1-18-11-12-21-23(15-18)28-25(22-9-5-6-10-24(22)32)29-26(21)30-14-13-20(17-30)31(27(33)34)16-19-7-3-2-4-8-19;/h2-12,15,20,32H,13-14,16-17H2,1H3,(H,33,34);1H/t20-;/m1./s1. The Kier molecular flexibility index (Phi) is 7.07. The fraction of sp³-hybridized carbons (Fsp3) is 0.222. The van der Waals surface area contributed by atoms with Crippen molar-refractivity contribution < 1.29 is 15.0 Å². The Labute approximate surface area is 210 Å². The molecule has 1 amide bonds. The first-order chi connectivity index (χ1) is 16.5. The summed E-state index contributed by atoms with van der Waals surface area (Å²) in [6, 6.07) is 22.6. The van der Waals surface area contributed by atoms with Gasteiger partial charge in [0.15, 0.2) is 5.82 Å². The number of fused-ring (bicyclic) bond motifs is 1. The van der Waals surface area contributed by atoms with Gasteiger partial charge in [0.25, 0.3) is 0 Å². The summed E-state index contributed by atoms with van der Waals surface area (Å²) in [5, 5.41) is 21.2. The number of aryl methyl sites for hydroxylation is 1. The smallest absolute Gasteiger partial charge is 0.407 e. The van der Waals surface area contributed by atoms with Crippen LogP contribution in [0.2, 0.25) is 0 Å². The van der Waals surface area contributed by atoms with Crippen molar-refractivity contribution in [3.8, 4) is 17.1 Å². The van der Waals surface area contributed by atoms with Gasteiger partial charge in [-0.15, -0.1) is 12.4 Å². The second kappa shape index (κ2) is 10.2. The van der Waals surface area contributed by atoms with E-state index in [0.29, 0.717) is 37.4 Å². The van der Waals surface area contributed by atoms with Crippen molar-refractivity contribution >= 4 is 35.2 Å². The van der Waals surface area contributed by atoms with E-state index < -0.39 is 6.09 Å². The number of benzene rings is 3. The molecule has 1 aliphatic heterocycles. The third-order valence-electron chi connectivity index (χ3n) is 6.32. The van der Waals surface area contributed by atoms with Crippen molar-refractivity contribution in [3.05, 3.63) is 83.9 Å². The van der Waals surface area contributed by atoms with Crippen molar-refractivity contribution in [3.63, 3.8) is 0 Å². The minimum atomic E-state index is -0.922. The molecule has 180 valence electrons. The summed E-state index contributed by atoms with van der Waals surface area (Å²) >= 11 is 0. The van der Waals surface area contributed by atoms with E-state index in [2.05, 4.69) is 4.90 Å². The van der Waals surface area contributed by atoms with Gasteiger partial charge in [-0.1, -0.05) is 48.5 Å². The summed E-state index contributed by atoms with van der Waals surface area (Å²) in [6.07, 6.45) is -0.212. The Morgan fingerprint density at radius 2 is 1.80 bits per heavy atom. The normalized spacial score (nSPS) is 15.1. The molecule has 4 aromatic rings. The summed E-state index contributed by atoms with van der Waals surface area (Å²) in [5.74, 6) is 1.34. The molecule has 7 nitrogen and oxygen atoms in total. The topological polar surface area (TPSA) is 89.8 Å². The Bertz CT molecular complexity index is 1350. The summed E-state index contributed by atoms with van der Waals surface area (Å²) in [6.45, 7) is 3.59. The lowest BCUT2D eigenvalue weighted by Gasteiger charge is -2.27. The van der Waals surface area contributed by atoms with E-state index in [9.17, 15) is 15.0 Å². The molecule has 1 atom stereocenters. The van der Waals surface area contributed by atoms with Gasteiger partial charge >= 0.3 is 6.09 Å². The maximum Gasteiger partial charge on any atom is 0.407 e. The lowest BCUT2D eigenvalue weighted by molar-refractivity contribution is 0.125. The number of hydrogen-bond donors (Lipinski definition) is 2. The van der Waals surface area contributed by atoms with E-state index in [-0.39, 0.29) is 24.2 Å². The molecular formula is C27H27ClN4O3. The van der Waals surface area contributed by atoms with Crippen LogP contribution >= 0.6 is 12.4 Å². The number of phenolic OH excluding ortho intramolecular Hbond substituents is 1. The van der Waals surface area contributed by atoms with Crippen LogP contribution in [0, 0.1) is 6.92 Å². The maximum atomic E-state index is 12.1. The molecule has 0 radical (unpaired) electrons. The highest BCUT2D eigenvalue weighted by Crippen LogP contribution is 2.34. The monoisotopic (exact) mass is 490 g/mol. The molecule has 1 saturated heterocycles. The first-order valence-corrected chi connectivity index (χ1v) is 11.3. The fourth-order valence-corrected chi connectivity index (χ4v) is 4.57. The lowest BCUT2D eigenvalue weighted by Crippen LogP contribution is -2.40. The van der Waals surface area contributed by atoms with E-state index in [0.717, 1.165) is 27.8 Å². The highest BCUT2D eigenvalue weighted by Gasteiger charge is 2.32. The Morgan fingerprint density at radius 3 is 2.54 bits per heavy atom. The predicted molar refractivity (Wildman–Crippen MR) is 139 cm³/mol. The molecule has 1 aromatic heterocycles. The number of phenols is 1. The molecule has 0 spiro atoms. The number of halogens is 1. The number of aromatic nitrogens is 2. The Hall–Kier alpha value is -3.84. The van der Waals surface area contributed by atoms with Crippen LogP contribution in [0.5, 0.6) is 5.75 Å². The summed E-state index contributed by atoms with van der Waals surface area (Å²) < 4.78 is 0. The molecule has 1 fully saturated rings. The number of rotatable bonds is 5. The highest BCUT2D eigenvalue weighted by molar-refractivity contribution is 5.92. The first kappa shape index (κ1) is 24.3.